The minimum Gasteiger partial charge on any atom is -0.138 e. The van der Waals surface area contributed by atoms with E-state index < -0.39 is 7.26 Å². The third-order valence-corrected chi connectivity index (χ3v) is 10.3. The van der Waals surface area contributed by atoms with Crippen molar-refractivity contribution in [2.24, 2.45) is 0 Å². The molecule has 0 aliphatic carbocycles. The van der Waals surface area contributed by atoms with Gasteiger partial charge in [0.05, 0.1) is 36.4 Å². The fourth-order valence-electron chi connectivity index (χ4n) is 3.49. The lowest BCUT2D eigenvalue weighted by Crippen LogP contribution is -2.12. The van der Waals surface area contributed by atoms with Gasteiger partial charge in [-0.3, -0.25) is 0 Å². The second-order valence-electron chi connectivity index (χ2n) is 7.64. The van der Waals surface area contributed by atoms with Crippen molar-refractivity contribution in [1.82, 2.24) is 15.4 Å². The maximum absolute atomic E-state index is 3.82. The van der Waals surface area contributed by atoms with E-state index in [0.29, 0.717) is 0 Å². The van der Waals surface area contributed by atoms with Crippen LogP contribution in [0.1, 0.15) is 79.1 Å². The van der Waals surface area contributed by atoms with Crippen molar-refractivity contribution in [3.05, 3.63) is 30.5 Å². The van der Waals surface area contributed by atoms with E-state index in [1.54, 1.807) is 30.8 Å². The zero-order valence-corrected chi connectivity index (χ0v) is 19.1. The molecule has 0 fully saturated rings. The molecule has 3 nitrogen and oxygen atoms in total. The molecule has 2 rings (SSSR count). The molecule has 0 saturated heterocycles. The van der Waals surface area contributed by atoms with Crippen molar-refractivity contribution in [3.63, 3.8) is 0 Å². The van der Waals surface area contributed by atoms with Crippen molar-refractivity contribution < 1.29 is 0 Å². The predicted molar refractivity (Wildman–Crippen MR) is 123 cm³/mol. The van der Waals surface area contributed by atoms with Crippen LogP contribution in [0.5, 0.6) is 0 Å². The summed E-state index contributed by atoms with van der Waals surface area (Å²) < 4.78 is 0. The van der Waals surface area contributed by atoms with Gasteiger partial charge in [0.1, 0.15) is 0 Å². The standard InChI is InChI=1S/C16H36P.C7H5N3/c1-5-9-13-17(14-10-6-2,15-11-7-3)16-12-8-4;1-2-4-7-6(3-1)5-8-10-9-7/h5-16H2,1-4H3;1-5H/q+1;. The average Bonchev–Trinajstić information content (AvgIpc) is 2.73. The first kappa shape index (κ1) is 24.0. The summed E-state index contributed by atoms with van der Waals surface area (Å²) in [5, 5.41) is 12.0. The number of hydrogen-bond acceptors (Lipinski definition) is 3. The Labute approximate surface area is 168 Å². The van der Waals surface area contributed by atoms with Gasteiger partial charge in [-0.2, -0.15) is 0 Å². The van der Waals surface area contributed by atoms with Gasteiger partial charge in [-0.15, -0.1) is 10.2 Å². The van der Waals surface area contributed by atoms with Gasteiger partial charge in [-0.1, -0.05) is 71.6 Å². The lowest BCUT2D eigenvalue weighted by molar-refractivity contribution is 0.814. The van der Waals surface area contributed by atoms with E-state index in [4.69, 9.17) is 0 Å². The van der Waals surface area contributed by atoms with Crippen molar-refractivity contribution >= 4 is 18.2 Å². The summed E-state index contributed by atoms with van der Waals surface area (Å²) in [6, 6.07) is 7.74. The van der Waals surface area contributed by atoms with Crippen molar-refractivity contribution in [1.29, 1.82) is 0 Å². The summed E-state index contributed by atoms with van der Waals surface area (Å²) in [7, 11) is -0.562. The minimum absolute atomic E-state index is 0.562. The zero-order chi connectivity index (χ0) is 19.8. The molecule has 152 valence electrons. The quantitative estimate of drug-likeness (QED) is 0.359. The summed E-state index contributed by atoms with van der Waals surface area (Å²) in [6.45, 7) is 9.42. The Morgan fingerprint density at radius 1 is 0.704 bits per heavy atom. The molecule has 1 heterocycles. The molecule has 0 saturated carbocycles. The lowest BCUT2D eigenvalue weighted by atomic mass is 10.2. The summed E-state index contributed by atoms with van der Waals surface area (Å²) >= 11 is 0. The number of hydrogen-bond donors (Lipinski definition) is 0. The van der Waals surface area contributed by atoms with Crippen molar-refractivity contribution in [3.8, 4) is 0 Å². The Hall–Kier alpha value is -1.08. The SMILES string of the molecule is CCCC[P+](CCCC)(CCCC)CCCC.c1ccc2nnncc2c1. The molecule has 27 heavy (non-hydrogen) atoms. The molecule has 4 heteroatoms. The maximum atomic E-state index is 3.82. The van der Waals surface area contributed by atoms with E-state index in [9.17, 15) is 0 Å². The number of fused-ring (bicyclic) bond motifs is 1. The summed E-state index contributed by atoms with van der Waals surface area (Å²) in [4.78, 5) is 0. The van der Waals surface area contributed by atoms with Crippen LogP contribution in [0.4, 0.5) is 0 Å². The van der Waals surface area contributed by atoms with E-state index in [-0.39, 0.29) is 0 Å². The zero-order valence-electron chi connectivity index (χ0n) is 18.2. The van der Waals surface area contributed by atoms with Crippen LogP contribution in [0.2, 0.25) is 0 Å². The number of aromatic nitrogens is 3. The van der Waals surface area contributed by atoms with Gasteiger partial charge in [0.15, 0.2) is 0 Å². The Morgan fingerprint density at radius 3 is 1.63 bits per heavy atom. The van der Waals surface area contributed by atoms with Crippen LogP contribution in [-0.2, 0) is 0 Å². The summed E-state index contributed by atoms with van der Waals surface area (Å²) in [6.07, 6.45) is 19.6. The number of nitrogens with zero attached hydrogens (tertiary/aromatic N) is 3. The van der Waals surface area contributed by atoms with E-state index in [2.05, 4.69) is 43.1 Å². The van der Waals surface area contributed by atoms with Crippen LogP contribution >= 0.6 is 7.26 Å². The van der Waals surface area contributed by atoms with Crippen LogP contribution in [-0.4, -0.2) is 40.1 Å². The third-order valence-electron chi connectivity index (χ3n) is 5.28. The van der Waals surface area contributed by atoms with E-state index >= 15 is 0 Å². The highest BCUT2D eigenvalue weighted by Crippen LogP contribution is 2.61. The van der Waals surface area contributed by atoms with Gasteiger partial charge < -0.3 is 0 Å². The number of unbranched alkanes of at least 4 members (excludes halogenated alkanes) is 4. The van der Waals surface area contributed by atoms with Gasteiger partial charge in [0.2, 0.25) is 0 Å². The van der Waals surface area contributed by atoms with E-state index in [1.165, 1.54) is 51.4 Å². The van der Waals surface area contributed by atoms with Crippen LogP contribution in [0, 0.1) is 0 Å². The first-order chi connectivity index (χ1) is 13.2. The average molecular weight is 391 g/mol. The number of benzene rings is 1. The van der Waals surface area contributed by atoms with Crippen LogP contribution < -0.4 is 0 Å². The molecule has 0 unspecified atom stereocenters. The fraction of sp³-hybridized carbons (Fsp3) is 0.696. The highest BCUT2D eigenvalue weighted by molar-refractivity contribution is 7.75. The first-order valence-corrected chi connectivity index (χ1v) is 13.6. The first-order valence-electron chi connectivity index (χ1n) is 11.1. The Morgan fingerprint density at radius 2 is 1.19 bits per heavy atom. The Bertz CT molecular complexity index is 500. The van der Waals surface area contributed by atoms with Gasteiger partial charge in [-0.05, 0) is 37.0 Å². The largest absolute Gasteiger partial charge is 0.138 e. The normalized spacial score (nSPS) is 11.3. The monoisotopic (exact) mass is 390 g/mol. The van der Waals surface area contributed by atoms with E-state index in [0.717, 1.165) is 10.9 Å². The van der Waals surface area contributed by atoms with Crippen LogP contribution in [0.3, 0.4) is 0 Å². The molecule has 2 aromatic rings. The highest BCUT2D eigenvalue weighted by atomic mass is 31.2. The predicted octanol–water partition coefficient (Wildman–Crippen LogP) is 7.23. The minimum atomic E-state index is -0.562. The second-order valence-corrected chi connectivity index (χ2v) is 12.1. The Balaban J connectivity index is 0.000000303. The topological polar surface area (TPSA) is 38.7 Å². The summed E-state index contributed by atoms with van der Waals surface area (Å²) in [5.74, 6) is 0. The molecule has 1 aromatic heterocycles. The molecule has 0 bridgehead atoms. The third kappa shape index (κ3) is 9.60. The molecular formula is C23H41N3P+. The molecule has 0 spiro atoms. The summed E-state index contributed by atoms with van der Waals surface area (Å²) in [5.41, 5.74) is 0.887. The number of rotatable bonds is 12. The molecule has 0 N–H and O–H groups in total. The molecule has 0 amide bonds. The molecular weight excluding hydrogens is 349 g/mol. The van der Waals surface area contributed by atoms with Gasteiger partial charge in [-0.25, -0.2) is 0 Å². The smallest absolute Gasteiger partial charge is 0.0963 e. The lowest BCUT2D eigenvalue weighted by Gasteiger charge is -2.28. The van der Waals surface area contributed by atoms with Crippen molar-refractivity contribution in [2.75, 3.05) is 24.6 Å². The molecule has 1 aromatic carbocycles. The van der Waals surface area contributed by atoms with Gasteiger partial charge in [0, 0.05) is 12.6 Å². The Kier molecular flexibility index (Phi) is 13.2. The molecule has 0 aliphatic heterocycles. The molecule has 0 atom stereocenters. The van der Waals surface area contributed by atoms with Gasteiger partial charge >= 0.3 is 0 Å². The second kappa shape index (κ2) is 14.9. The van der Waals surface area contributed by atoms with Crippen molar-refractivity contribution in [2.45, 2.75) is 79.1 Å². The fourth-order valence-corrected chi connectivity index (χ4v) is 8.78. The molecule has 0 aliphatic rings. The van der Waals surface area contributed by atoms with Gasteiger partial charge in [0.25, 0.3) is 0 Å². The maximum Gasteiger partial charge on any atom is 0.0963 e. The van der Waals surface area contributed by atoms with Crippen LogP contribution in [0.15, 0.2) is 30.5 Å². The van der Waals surface area contributed by atoms with Crippen LogP contribution in [0.25, 0.3) is 10.9 Å². The highest BCUT2D eigenvalue weighted by Gasteiger charge is 2.34. The van der Waals surface area contributed by atoms with E-state index in [1.807, 2.05) is 24.3 Å². The molecule has 0 radical (unpaired) electrons.